The lowest BCUT2D eigenvalue weighted by molar-refractivity contribution is -0.308. The van der Waals surface area contributed by atoms with Gasteiger partial charge in [-0.05, 0) is 103 Å². The molecule has 89 heavy (non-hydrogen) atoms. The molecular weight excluding hydrogens is 1130 g/mol. The van der Waals surface area contributed by atoms with Crippen molar-refractivity contribution in [3.05, 3.63) is 120 Å². The predicted octanol–water partition coefficient (Wildman–Crippen LogP) is 15.7. The molecule has 0 bridgehead atoms. The number of unbranched alkanes of at least 4 members (excludes halogenated alkanes) is 23. The molecule has 7 atom stereocenters. The van der Waals surface area contributed by atoms with Crippen molar-refractivity contribution >= 4 is 35.8 Å². The van der Waals surface area contributed by atoms with Crippen molar-refractivity contribution in [3.8, 4) is 0 Å². The number of amides is 1. The number of carbonyl (C=O) groups is 6. The average Bonchev–Trinajstić information content (AvgIpc) is 0.899. The molecule has 1 heterocycles. The first kappa shape index (κ1) is 75.5. The summed E-state index contributed by atoms with van der Waals surface area (Å²) in [6.45, 7) is 12.7. The van der Waals surface area contributed by atoms with Gasteiger partial charge in [0.1, 0.15) is 42.7 Å². The Hall–Kier alpha value is -5.94. The number of ether oxygens (including phenoxy) is 9. The molecule has 16 heteroatoms. The van der Waals surface area contributed by atoms with Gasteiger partial charge in [-0.15, -0.1) is 0 Å². The Kier molecular flexibility index (Phi) is 37.1. The summed E-state index contributed by atoms with van der Waals surface area (Å²) in [7, 11) is 0. The van der Waals surface area contributed by atoms with Crippen molar-refractivity contribution in [2.24, 2.45) is 0 Å². The van der Waals surface area contributed by atoms with Gasteiger partial charge in [-0.3, -0.25) is 4.79 Å². The fraction of sp³-hybridized carbons (Fsp3) is 0.644. The largest absolute Gasteiger partial charge is 0.458 e. The van der Waals surface area contributed by atoms with Gasteiger partial charge in [0, 0.05) is 6.42 Å². The highest BCUT2D eigenvalue weighted by Crippen LogP contribution is 2.32. The summed E-state index contributed by atoms with van der Waals surface area (Å²) in [5.74, 6) is -4.06. The van der Waals surface area contributed by atoms with Crippen LogP contribution in [0.4, 0.5) is 0 Å². The second kappa shape index (κ2) is 43.7. The third kappa shape index (κ3) is 33.1. The van der Waals surface area contributed by atoms with Crippen LogP contribution in [-0.2, 0) is 57.0 Å². The summed E-state index contributed by atoms with van der Waals surface area (Å²) in [6, 6.07) is 23.8. The first-order chi connectivity index (χ1) is 42.9. The standard InChI is InChI=1S/C73H109NO15/c1-9-11-13-15-17-19-21-23-25-27-29-31-42-50-60(84-68(78)56-44-36-33-37-45-56)59(74-62(75)51-43-32-30-28-26-24-22-20-18-16-14-12-10-2)52-83-71-67(87-70(80)58-48-40-35-41-49-58)66(86-69(79)57-46-38-34-39-47-57)65(82-55-64(77)89-73(6,7)8)61(85-71)53-81-54-63(76)88-72(3,4)5/h33-42,44-50,59-61,65-67,71H,9-32,43,51-55H2,1-8H3,(H,74,75)/b50-42+/t59-,60+,61+,65-,66-,67+,71+/m0/s1. The van der Waals surface area contributed by atoms with E-state index >= 15 is 0 Å². The first-order valence-corrected chi connectivity index (χ1v) is 33.5. The van der Waals surface area contributed by atoms with Crippen LogP contribution in [0.5, 0.6) is 0 Å². The number of rotatable bonds is 45. The molecule has 496 valence electrons. The van der Waals surface area contributed by atoms with E-state index in [-0.39, 0.29) is 23.5 Å². The number of benzene rings is 3. The number of carbonyl (C=O) groups excluding carboxylic acids is 6. The lowest BCUT2D eigenvalue weighted by atomic mass is 9.97. The number of hydrogen-bond acceptors (Lipinski definition) is 15. The van der Waals surface area contributed by atoms with Gasteiger partial charge >= 0.3 is 29.8 Å². The van der Waals surface area contributed by atoms with E-state index in [1.54, 1.807) is 139 Å². The summed E-state index contributed by atoms with van der Waals surface area (Å²) in [5.41, 5.74) is -1.16. The zero-order valence-corrected chi connectivity index (χ0v) is 55.2. The summed E-state index contributed by atoms with van der Waals surface area (Å²) in [4.78, 5) is 83.6. The second-order valence-corrected chi connectivity index (χ2v) is 25.5. The molecule has 0 saturated carbocycles. The maximum atomic E-state index is 14.4. The van der Waals surface area contributed by atoms with Crippen molar-refractivity contribution in [2.75, 3.05) is 26.4 Å². The summed E-state index contributed by atoms with van der Waals surface area (Å²) in [5, 5.41) is 3.14. The highest BCUT2D eigenvalue weighted by molar-refractivity contribution is 5.91. The summed E-state index contributed by atoms with van der Waals surface area (Å²) < 4.78 is 55.9. The molecule has 0 aliphatic carbocycles. The second-order valence-electron chi connectivity index (χ2n) is 25.5. The van der Waals surface area contributed by atoms with Crippen LogP contribution in [0.2, 0.25) is 0 Å². The fourth-order valence-electron chi connectivity index (χ4n) is 10.5. The minimum absolute atomic E-state index is 0.141. The predicted molar refractivity (Wildman–Crippen MR) is 346 cm³/mol. The minimum atomic E-state index is -1.65. The van der Waals surface area contributed by atoms with Crippen molar-refractivity contribution in [1.82, 2.24) is 5.32 Å². The molecule has 16 nitrogen and oxygen atoms in total. The number of hydrogen-bond donors (Lipinski definition) is 1. The van der Waals surface area contributed by atoms with Gasteiger partial charge in [0.25, 0.3) is 0 Å². The lowest BCUT2D eigenvalue weighted by Gasteiger charge is -2.45. The molecule has 0 spiro atoms. The van der Waals surface area contributed by atoms with E-state index in [0.717, 1.165) is 44.9 Å². The average molecular weight is 1240 g/mol. The number of nitrogens with one attached hydrogen (secondary N) is 1. The molecule has 1 saturated heterocycles. The molecule has 0 radical (unpaired) electrons. The molecule has 1 aliphatic heterocycles. The minimum Gasteiger partial charge on any atom is -0.458 e. The Morgan fingerprint density at radius 3 is 1.37 bits per heavy atom. The van der Waals surface area contributed by atoms with Crippen LogP contribution in [0.25, 0.3) is 0 Å². The zero-order chi connectivity index (χ0) is 64.5. The molecule has 0 aromatic heterocycles. The van der Waals surface area contributed by atoms with Gasteiger partial charge in [0.2, 0.25) is 5.91 Å². The third-order valence-electron chi connectivity index (χ3n) is 15.1. The van der Waals surface area contributed by atoms with E-state index in [4.69, 9.17) is 42.6 Å². The number of esters is 5. The quantitative estimate of drug-likeness (QED) is 0.0242. The molecule has 4 rings (SSSR count). The molecule has 1 N–H and O–H groups in total. The molecule has 3 aromatic rings. The van der Waals surface area contributed by atoms with Gasteiger partial charge < -0.3 is 47.9 Å². The van der Waals surface area contributed by atoms with Crippen LogP contribution in [-0.4, -0.2) is 116 Å². The van der Waals surface area contributed by atoms with E-state index in [2.05, 4.69) is 19.2 Å². The van der Waals surface area contributed by atoms with Gasteiger partial charge in [0.15, 0.2) is 18.5 Å². The maximum Gasteiger partial charge on any atom is 0.338 e. The molecule has 1 aliphatic rings. The monoisotopic (exact) mass is 1240 g/mol. The highest BCUT2D eigenvalue weighted by Gasteiger charge is 2.53. The van der Waals surface area contributed by atoms with Gasteiger partial charge in [-0.2, -0.15) is 0 Å². The fourth-order valence-corrected chi connectivity index (χ4v) is 10.5. The highest BCUT2D eigenvalue weighted by atomic mass is 16.7. The lowest BCUT2D eigenvalue weighted by Crippen LogP contribution is -2.63. The Morgan fingerprint density at radius 1 is 0.494 bits per heavy atom. The van der Waals surface area contributed by atoms with E-state index in [0.29, 0.717) is 18.4 Å². The van der Waals surface area contributed by atoms with Crippen LogP contribution < -0.4 is 5.32 Å². The smallest absolute Gasteiger partial charge is 0.338 e. The third-order valence-corrected chi connectivity index (χ3v) is 15.1. The van der Waals surface area contributed by atoms with Gasteiger partial charge in [-0.25, -0.2) is 24.0 Å². The summed E-state index contributed by atoms with van der Waals surface area (Å²) >= 11 is 0. The van der Waals surface area contributed by atoms with E-state index < -0.39 is 110 Å². The first-order valence-electron chi connectivity index (χ1n) is 33.5. The van der Waals surface area contributed by atoms with Crippen LogP contribution in [0.1, 0.15) is 253 Å². The Balaban J connectivity index is 1.73. The molecular formula is C73H109NO15. The molecule has 0 unspecified atom stereocenters. The van der Waals surface area contributed by atoms with Crippen molar-refractivity contribution in [2.45, 2.75) is 276 Å². The van der Waals surface area contributed by atoms with Gasteiger partial charge in [-0.1, -0.05) is 216 Å². The Morgan fingerprint density at radius 2 is 0.910 bits per heavy atom. The van der Waals surface area contributed by atoms with Crippen LogP contribution in [0.15, 0.2) is 103 Å². The normalized spacial score (nSPS) is 17.6. The topological polar surface area (TPSA) is 198 Å². The van der Waals surface area contributed by atoms with Crippen molar-refractivity contribution < 1.29 is 71.4 Å². The van der Waals surface area contributed by atoms with E-state index in [1.165, 1.54) is 103 Å². The van der Waals surface area contributed by atoms with E-state index in [9.17, 15) is 28.8 Å². The van der Waals surface area contributed by atoms with Crippen LogP contribution in [0.3, 0.4) is 0 Å². The maximum absolute atomic E-state index is 14.4. The van der Waals surface area contributed by atoms with Gasteiger partial charge in [0.05, 0.1) is 35.9 Å². The molecule has 1 fully saturated rings. The number of allylic oxidation sites excluding steroid dienone is 1. The molecule has 3 aromatic carbocycles. The van der Waals surface area contributed by atoms with Crippen molar-refractivity contribution in [3.63, 3.8) is 0 Å². The zero-order valence-electron chi connectivity index (χ0n) is 55.2. The van der Waals surface area contributed by atoms with Crippen molar-refractivity contribution in [1.29, 1.82) is 0 Å². The summed E-state index contributed by atoms with van der Waals surface area (Å²) in [6.07, 6.45) is 23.9. The Labute approximate surface area is 532 Å². The van der Waals surface area contributed by atoms with E-state index in [1.807, 2.05) is 6.08 Å². The van der Waals surface area contributed by atoms with Crippen LogP contribution >= 0.6 is 0 Å². The molecule has 1 amide bonds. The Bertz CT molecular complexity index is 2460. The van der Waals surface area contributed by atoms with Crippen LogP contribution in [0, 0.1) is 0 Å². The SMILES string of the molecule is CCCCCCCCCCCCC/C=C/[C@@H](OC(=O)c1ccccc1)[C@H](CO[C@@H]1O[C@H](COCC(=O)OC(C)(C)C)[C@H](OCC(=O)OC(C)(C)C)[C@H](OC(=O)c2ccccc2)[C@H]1OC(=O)c1ccccc1)NC(=O)CCCCCCCCCCCCCCC.